The maximum atomic E-state index is 6.26. The highest BCUT2D eigenvalue weighted by atomic mass is 16.5. The predicted octanol–water partition coefficient (Wildman–Crippen LogP) is 2.59. The molecule has 0 bridgehead atoms. The van der Waals surface area contributed by atoms with Crippen molar-refractivity contribution in [3.8, 4) is 6.01 Å². The van der Waals surface area contributed by atoms with Crippen LogP contribution in [-0.4, -0.2) is 54.4 Å². The van der Waals surface area contributed by atoms with E-state index in [9.17, 15) is 0 Å². The van der Waals surface area contributed by atoms with Crippen LogP contribution >= 0.6 is 0 Å². The third-order valence-corrected chi connectivity index (χ3v) is 5.39. The first-order valence-electron chi connectivity index (χ1n) is 10.6. The Morgan fingerprint density at radius 3 is 2.90 bits per heavy atom. The fraction of sp³-hybridized carbons (Fsp3) is 0.500. The van der Waals surface area contributed by atoms with E-state index in [-0.39, 0.29) is 0 Å². The quantitative estimate of drug-likeness (QED) is 0.550. The number of nitrogens with two attached hydrogens (primary N) is 1. The molecule has 0 atom stereocenters. The van der Waals surface area contributed by atoms with Crippen LogP contribution in [0.5, 0.6) is 6.01 Å². The molecular weight excluding hydrogens is 380 g/mol. The molecule has 0 amide bonds. The maximum absolute atomic E-state index is 6.26. The molecule has 4 rings (SSSR count). The third-order valence-electron chi connectivity index (χ3n) is 5.39. The van der Waals surface area contributed by atoms with Crippen molar-refractivity contribution in [3.05, 3.63) is 41.6 Å². The van der Waals surface area contributed by atoms with Crippen molar-refractivity contribution in [1.29, 1.82) is 0 Å². The summed E-state index contributed by atoms with van der Waals surface area (Å²) < 4.78 is 11.2. The lowest BCUT2D eigenvalue weighted by Crippen LogP contribution is -2.37. The molecule has 0 spiro atoms. The minimum Gasteiger partial charge on any atom is -0.463 e. The van der Waals surface area contributed by atoms with Crippen molar-refractivity contribution in [3.63, 3.8) is 0 Å². The van der Waals surface area contributed by atoms with Gasteiger partial charge in [-0.15, -0.1) is 0 Å². The minimum absolute atomic E-state index is 0.348. The van der Waals surface area contributed by atoms with Gasteiger partial charge in [0, 0.05) is 44.4 Å². The summed E-state index contributed by atoms with van der Waals surface area (Å²) in [5.74, 6) is 2.30. The monoisotopic (exact) mass is 410 g/mol. The lowest BCUT2D eigenvalue weighted by molar-refractivity contribution is 0.122. The van der Waals surface area contributed by atoms with Gasteiger partial charge in [-0.25, -0.2) is 4.98 Å². The summed E-state index contributed by atoms with van der Waals surface area (Å²) in [7, 11) is 0. The molecule has 8 nitrogen and oxygen atoms in total. The van der Waals surface area contributed by atoms with Crippen LogP contribution in [0.2, 0.25) is 0 Å². The first kappa shape index (κ1) is 20.4. The largest absolute Gasteiger partial charge is 0.463 e. The van der Waals surface area contributed by atoms with Crippen LogP contribution in [0.3, 0.4) is 0 Å². The van der Waals surface area contributed by atoms with Gasteiger partial charge in [0.05, 0.1) is 19.8 Å². The molecule has 0 radical (unpaired) electrons. The van der Waals surface area contributed by atoms with E-state index in [0.29, 0.717) is 31.4 Å². The number of aromatic nitrogens is 3. The van der Waals surface area contributed by atoms with Gasteiger partial charge in [0.1, 0.15) is 17.5 Å². The van der Waals surface area contributed by atoms with Crippen LogP contribution in [0, 0.1) is 0 Å². The first-order valence-corrected chi connectivity index (χ1v) is 10.6. The second-order valence-corrected chi connectivity index (χ2v) is 7.80. The molecular formula is C22H30N6O2. The normalized spacial score (nSPS) is 16.5. The molecule has 1 fully saturated rings. The minimum atomic E-state index is 0.348. The van der Waals surface area contributed by atoms with Crippen LogP contribution in [0.15, 0.2) is 30.5 Å². The lowest BCUT2D eigenvalue weighted by Gasteiger charge is -2.32. The summed E-state index contributed by atoms with van der Waals surface area (Å²) in [6.45, 7) is 11.5. The first-order chi connectivity index (χ1) is 14.6. The lowest BCUT2D eigenvalue weighted by atomic mass is 10.0. The molecule has 4 heterocycles. The Hall–Kier alpha value is -2.87. The highest BCUT2D eigenvalue weighted by Gasteiger charge is 2.25. The zero-order valence-electron chi connectivity index (χ0n) is 17.6. The summed E-state index contributed by atoms with van der Waals surface area (Å²) >= 11 is 0. The highest BCUT2D eigenvalue weighted by Crippen LogP contribution is 2.33. The van der Waals surface area contributed by atoms with Crippen molar-refractivity contribution in [1.82, 2.24) is 15.0 Å². The number of nitrogens with zero attached hydrogens (tertiary/aromatic N) is 5. The van der Waals surface area contributed by atoms with Crippen molar-refractivity contribution in [2.24, 2.45) is 0 Å². The van der Waals surface area contributed by atoms with Crippen molar-refractivity contribution >= 4 is 17.5 Å². The molecule has 0 aliphatic carbocycles. The summed E-state index contributed by atoms with van der Waals surface area (Å²) in [6, 6.07) is 4.54. The van der Waals surface area contributed by atoms with Crippen LogP contribution < -0.4 is 20.3 Å². The van der Waals surface area contributed by atoms with Crippen LogP contribution in [0.4, 0.5) is 17.5 Å². The summed E-state index contributed by atoms with van der Waals surface area (Å²) in [5, 5.41) is 0. The fourth-order valence-corrected chi connectivity index (χ4v) is 3.80. The van der Waals surface area contributed by atoms with Crippen LogP contribution in [0.1, 0.15) is 30.9 Å². The Morgan fingerprint density at radius 2 is 2.10 bits per heavy atom. The smallest absolute Gasteiger partial charge is 0.320 e. The molecule has 2 aliphatic rings. The molecule has 2 aliphatic heterocycles. The molecule has 1 saturated heterocycles. The van der Waals surface area contributed by atoms with Gasteiger partial charge in [0.25, 0.3) is 0 Å². The number of unbranched alkanes of at least 4 members (excludes halogenated alkanes) is 1. The third kappa shape index (κ3) is 4.64. The van der Waals surface area contributed by atoms with Gasteiger partial charge in [-0.3, -0.25) is 0 Å². The van der Waals surface area contributed by atoms with E-state index in [1.165, 1.54) is 0 Å². The van der Waals surface area contributed by atoms with Gasteiger partial charge in [0.15, 0.2) is 0 Å². The van der Waals surface area contributed by atoms with Gasteiger partial charge in [-0.1, -0.05) is 25.5 Å². The van der Waals surface area contributed by atoms with Crippen molar-refractivity contribution in [2.75, 3.05) is 55.0 Å². The molecule has 0 aromatic carbocycles. The maximum Gasteiger partial charge on any atom is 0.320 e. The Labute approximate surface area is 177 Å². The SMILES string of the molecule is C=C1Cc2c(N)nc(OCCCC)nc2N(Cc2ccnc(N3CCOCC3)c2)C1. The Bertz CT molecular complexity index is 897. The summed E-state index contributed by atoms with van der Waals surface area (Å²) in [6.07, 6.45) is 4.58. The molecule has 2 aromatic rings. The highest BCUT2D eigenvalue weighted by molar-refractivity contribution is 5.63. The molecule has 2 aromatic heterocycles. The van der Waals surface area contributed by atoms with E-state index >= 15 is 0 Å². The second-order valence-electron chi connectivity index (χ2n) is 7.80. The number of hydrogen-bond donors (Lipinski definition) is 1. The van der Waals surface area contributed by atoms with Gasteiger partial charge in [-0.05, 0) is 24.1 Å². The predicted molar refractivity (Wildman–Crippen MR) is 118 cm³/mol. The molecule has 8 heteroatoms. The van der Waals surface area contributed by atoms with Gasteiger partial charge >= 0.3 is 6.01 Å². The van der Waals surface area contributed by atoms with E-state index in [0.717, 1.165) is 74.0 Å². The summed E-state index contributed by atoms with van der Waals surface area (Å²) in [5.41, 5.74) is 9.45. The van der Waals surface area contributed by atoms with Gasteiger partial charge in [-0.2, -0.15) is 9.97 Å². The van der Waals surface area contributed by atoms with E-state index in [4.69, 9.17) is 20.2 Å². The fourth-order valence-electron chi connectivity index (χ4n) is 3.80. The number of anilines is 3. The molecule has 0 saturated carbocycles. The summed E-state index contributed by atoms with van der Waals surface area (Å²) in [4.78, 5) is 18.1. The van der Waals surface area contributed by atoms with Crippen LogP contribution in [-0.2, 0) is 17.7 Å². The molecule has 30 heavy (non-hydrogen) atoms. The van der Waals surface area contributed by atoms with Crippen molar-refractivity contribution in [2.45, 2.75) is 32.7 Å². The topological polar surface area (TPSA) is 89.6 Å². The number of rotatable bonds is 7. The molecule has 0 unspecified atom stereocenters. The number of hydrogen-bond acceptors (Lipinski definition) is 8. The number of fused-ring (bicyclic) bond motifs is 1. The number of ether oxygens (including phenoxy) is 2. The van der Waals surface area contributed by atoms with E-state index in [2.05, 4.69) is 39.3 Å². The average molecular weight is 411 g/mol. The zero-order valence-corrected chi connectivity index (χ0v) is 17.6. The number of morpholine rings is 1. The van der Waals surface area contributed by atoms with E-state index < -0.39 is 0 Å². The average Bonchev–Trinajstić information content (AvgIpc) is 2.76. The van der Waals surface area contributed by atoms with Gasteiger partial charge < -0.3 is 25.0 Å². The Morgan fingerprint density at radius 1 is 1.27 bits per heavy atom. The molecule has 2 N–H and O–H groups in total. The number of nitrogen functional groups attached to an aromatic ring is 1. The Kier molecular flexibility index (Phi) is 6.32. The second kappa shape index (κ2) is 9.30. The standard InChI is InChI=1S/C22H30N6O2/c1-3-4-9-30-22-25-20(23)18-12-16(2)14-28(21(18)26-22)15-17-5-6-24-19(13-17)27-7-10-29-11-8-27/h5-6,13H,2-4,7-12,14-15H2,1H3,(H2,23,25,26). The van der Waals surface area contributed by atoms with Crippen molar-refractivity contribution < 1.29 is 9.47 Å². The van der Waals surface area contributed by atoms with Crippen LogP contribution in [0.25, 0.3) is 0 Å². The number of pyridine rings is 1. The zero-order chi connectivity index (χ0) is 20.9. The molecule has 160 valence electrons. The Balaban J connectivity index is 1.57. The van der Waals surface area contributed by atoms with E-state index in [1.54, 1.807) is 0 Å². The van der Waals surface area contributed by atoms with Gasteiger partial charge in [0.2, 0.25) is 0 Å². The van der Waals surface area contributed by atoms with E-state index in [1.807, 2.05) is 12.3 Å².